The van der Waals surface area contributed by atoms with Crippen molar-refractivity contribution in [1.29, 1.82) is 0 Å². The summed E-state index contributed by atoms with van der Waals surface area (Å²) in [7, 11) is 1.50. The summed E-state index contributed by atoms with van der Waals surface area (Å²) in [6.45, 7) is 6.75. The minimum Gasteiger partial charge on any atom is -0.425 e. The predicted octanol–water partition coefficient (Wildman–Crippen LogP) is 0.608. The van der Waals surface area contributed by atoms with Crippen LogP contribution in [0.1, 0.15) is 27.7 Å². The lowest BCUT2D eigenvalue weighted by Gasteiger charge is -2.48. The van der Waals surface area contributed by atoms with E-state index in [0.717, 1.165) is 0 Å². The lowest BCUT2D eigenvalue weighted by Crippen LogP contribution is -2.68. The van der Waals surface area contributed by atoms with Crippen molar-refractivity contribution < 1.29 is 28.6 Å². The molecule has 140 valence electrons. The number of rotatable bonds is 5. The van der Waals surface area contributed by atoms with Crippen LogP contribution in [0.15, 0.2) is 11.3 Å². The maximum Gasteiger partial charge on any atom is 0.358 e. The number of nitrogens with two attached hydrogens (primary N) is 1. The van der Waals surface area contributed by atoms with E-state index in [0.29, 0.717) is 11.3 Å². The normalized spacial score (nSPS) is 24.4. The molecular weight excluding hydrogens is 348 g/mol. The standard InChI is InChI=1S/C16H24N2O6S/c1-8(24-15(21)16(2,3)4)23-14(20)11-9(6-22-5)7-25-13-10(17)12(19)18(11)13/h8,10,13H,6-7,17H2,1-5H3/t8-,10?,13-/m0/s1. The van der Waals surface area contributed by atoms with Crippen LogP contribution in [0.3, 0.4) is 0 Å². The van der Waals surface area contributed by atoms with Gasteiger partial charge in [0.15, 0.2) is 0 Å². The van der Waals surface area contributed by atoms with E-state index in [-0.39, 0.29) is 23.6 Å². The van der Waals surface area contributed by atoms with E-state index in [1.54, 1.807) is 20.8 Å². The van der Waals surface area contributed by atoms with Gasteiger partial charge in [-0.1, -0.05) is 0 Å². The van der Waals surface area contributed by atoms with Gasteiger partial charge in [-0.15, -0.1) is 11.8 Å². The highest BCUT2D eigenvalue weighted by Crippen LogP contribution is 2.39. The van der Waals surface area contributed by atoms with Crippen molar-refractivity contribution in [2.45, 2.75) is 45.4 Å². The molecule has 1 amide bonds. The number of esters is 2. The molecule has 3 atom stereocenters. The Labute approximate surface area is 151 Å². The van der Waals surface area contributed by atoms with Crippen LogP contribution < -0.4 is 5.73 Å². The lowest BCUT2D eigenvalue weighted by atomic mass is 9.97. The molecule has 2 aliphatic rings. The highest BCUT2D eigenvalue weighted by atomic mass is 32.2. The molecule has 1 fully saturated rings. The number of ether oxygens (including phenoxy) is 3. The Balaban J connectivity index is 2.14. The van der Waals surface area contributed by atoms with Gasteiger partial charge >= 0.3 is 11.9 Å². The first-order chi connectivity index (χ1) is 11.6. The van der Waals surface area contributed by atoms with Crippen LogP contribution in [-0.4, -0.2) is 59.9 Å². The van der Waals surface area contributed by atoms with Crippen molar-refractivity contribution in [3.05, 3.63) is 11.3 Å². The van der Waals surface area contributed by atoms with Crippen LogP contribution >= 0.6 is 11.8 Å². The van der Waals surface area contributed by atoms with Crippen molar-refractivity contribution in [3.63, 3.8) is 0 Å². The molecule has 0 aromatic heterocycles. The SMILES string of the molecule is COCC1=C(C(=O)O[C@H](C)OC(=O)C(C)(C)C)N2C(=O)C(N)[C@@H]2SC1. The molecule has 0 bridgehead atoms. The quantitative estimate of drug-likeness (QED) is 0.425. The summed E-state index contributed by atoms with van der Waals surface area (Å²) in [5.74, 6) is -1.04. The van der Waals surface area contributed by atoms with Gasteiger partial charge in [0.2, 0.25) is 12.2 Å². The lowest BCUT2D eigenvalue weighted by molar-refractivity contribution is -0.190. The van der Waals surface area contributed by atoms with Crippen LogP contribution in [-0.2, 0) is 28.6 Å². The molecule has 0 aliphatic carbocycles. The number of carbonyl (C=O) groups is 3. The van der Waals surface area contributed by atoms with Crippen LogP contribution in [0.2, 0.25) is 0 Å². The van der Waals surface area contributed by atoms with E-state index >= 15 is 0 Å². The molecule has 2 rings (SSSR count). The van der Waals surface area contributed by atoms with Crippen molar-refractivity contribution in [3.8, 4) is 0 Å². The molecular formula is C16H24N2O6S. The van der Waals surface area contributed by atoms with E-state index in [1.807, 2.05) is 0 Å². The van der Waals surface area contributed by atoms with E-state index in [4.69, 9.17) is 19.9 Å². The molecule has 2 N–H and O–H groups in total. The van der Waals surface area contributed by atoms with Gasteiger partial charge in [0.1, 0.15) is 17.1 Å². The summed E-state index contributed by atoms with van der Waals surface area (Å²) < 4.78 is 15.5. The number of hydrogen-bond donors (Lipinski definition) is 1. The molecule has 0 aromatic rings. The monoisotopic (exact) mass is 372 g/mol. The number of amides is 1. The molecule has 0 radical (unpaired) electrons. The number of hydrogen-bond acceptors (Lipinski definition) is 8. The average molecular weight is 372 g/mol. The third-order valence-electron chi connectivity index (χ3n) is 3.76. The number of carbonyl (C=O) groups excluding carboxylic acids is 3. The van der Waals surface area contributed by atoms with Crippen LogP contribution in [0.25, 0.3) is 0 Å². The highest BCUT2D eigenvalue weighted by Gasteiger charge is 2.52. The first-order valence-electron chi connectivity index (χ1n) is 7.91. The van der Waals surface area contributed by atoms with Crippen LogP contribution in [0.5, 0.6) is 0 Å². The third-order valence-corrected chi connectivity index (χ3v) is 5.12. The van der Waals surface area contributed by atoms with Gasteiger partial charge in [-0.25, -0.2) is 4.79 Å². The van der Waals surface area contributed by atoms with Gasteiger partial charge in [0, 0.05) is 19.8 Å². The fraction of sp³-hybridized carbons (Fsp3) is 0.688. The molecule has 0 aromatic carbocycles. The second-order valence-corrected chi connectivity index (χ2v) is 8.05. The Morgan fingerprint density at radius 3 is 2.56 bits per heavy atom. The molecule has 2 heterocycles. The summed E-state index contributed by atoms with van der Waals surface area (Å²) in [5.41, 5.74) is 5.85. The Kier molecular flexibility index (Phi) is 5.80. The molecule has 1 saturated heterocycles. The summed E-state index contributed by atoms with van der Waals surface area (Å²) in [6, 6.07) is -0.631. The van der Waals surface area contributed by atoms with Gasteiger partial charge < -0.3 is 19.9 Å². The molecule has 8 nitrogen and oxygen atoms in total. The first-order valence-corrected chi connectivity index (χ1v) is 8.96. The largest absolute Gasteiger partial charge is 0.425 e. The van der Waals surface area contributed by atoms with E-state index in [2.05, 4.69) is 0 Å². The van der Waals surface area contributed by atoms with E-state index in [9.17, 15) is 14.4 Å². The predicted molar refractivity (Wildman–Crippen MR) is 91.1 cm³/mol. The second kappa shape index (κ2) is 7.35. The third kappa shape index (κ3) is 3.99. The van der Waals surface area contributed by atoms with Crippen LogP contribution in [0, 0.1) is 5.41 Å². The molecule has 0 saturated carbocycles. The van der Waals surface area contributed by atoms with Gasteiger partial charge in [-0.3, -0.25) is 14.5 Å². The molecule has 25 heavy (non-hydrogen) atoms. The first kappa shape index (κ1) is 19.7. The van der Waals surface area contributed by atoms with E-state index < -0.39 is 29.7 Å². The maximum absolute atomic E-state index is 12.6. The zero-order valence-electron chi connectivity index (χ0n) is 15.0. The van der Waals surface area contributed by atoms with Gasteiger partial charge in [-0.05, 0) is 26.3 Å². The minimum atomic E-state index is -1.08. The zero-order valence-corrected chi connectivity index (χ0v) is 15.8. The van der Waals surface area contributed by atoms with Crippen molar-refractivity contribution in [2.24, 2.45) is 11.1 Å². The molecule has 1 unspecified atom stereocenters. The molecule has 0 spiro atoms. The van der Waals surface area contributed by atoms with Gasteiger partial charge in [0.05, 0.1) is 12.0 Å². The second-order valence-electron chi connectivity index (χ2n) is 6.95. The smallest absolute Gasteiger partial charge is 0.358 e. The summed E-state index contributed by atoms with van der Waals surface area (Å²) in [6.07, 6.45) is -1.08. The number of thioether (sulfide) groups is 1. The van der Waals surface area contributed by atoms with Crippen molar-refractivity contribution in [1.82, 2.24) is 4.90 Å². The minimum absolute atomic E-state index is 0.135. The van der Waals surface area contributed by atoms with Crippen molar-refractivity contribution in [2.75, 3.05) is 19.5 Å². The summed E-state index contributed by atoms with van der Waals surface area (Å²) >= 11 is 1.48. The summed E-state index contributed by atoms with van der Waals surface area (Å²) in [5, 5.41) is -0.289. The van der Waals surface area contributed by atoms with Gasteiger partial charge in [-0.2, -0.15) is 0 Å². The number of β-lactam (4-membered cyclic amide) rings is 1. The molecule has 2 aliphatic heterocycles. The fourth-order valence-corrected chi connectivity index (χ4v) is 3.69. The number of methoxy groups -OCH3 is 1. The average Bonchev–Trinajstić information content (AvgIpc) is 2.52. The van der Waals surface area contributed by atoms with Crippen LogP contribution in [0.4, 0.5) is 0 Å². The number of nitrogens with zero attached hydrogens (tertiary/aromatic N) is 1. The Morgan fingerprint density at radius 2 is 2.00 bits per heavy atom. The van der Waals surface area contributed by atoms with Crippen molar-refractivity contribution >= 4 is 29.6 Å². The topological polar surface area (TPSA) is 108 Å². The Hall–Kier alpha value is -1.58. The zero-order chi connectivity index (χ0) is 18.9. The maximum atomic E-state index is 12.6. The number of fused-ring (bicyclic) bond motifs is 1. The Morgan fingerprint density at radius 1 is 1.36 bits per heavy atom. The van der Waals surface area contributed by atoms with E-state index in [1.165, 1.54) is 30.7 Å². The fourth-order valence-electron chi connectivity index (χ4n) is 2.41. The molecule has 9 heteroatoms. The summed E-state index contributed by atoms with van der Waals surface area (Å²) in [4.78, 5) is 37.9. The van der Waals surface area contributed by atoms with Gasteiger partial charge in [0.25, 0.3) is 0 Å². The Bertz CT molecular complexity index is 612. The highest BCUT2D eigenvalue weighted by molar-refractivity contribution is 8.00.